The number of unbranched alkanes of at least 4 members (excludes halogenated alkanes) is 1. The van der Waals surface area contributed by atoms with Gasteiger partial charge < -0.3 is 10.4 Å². The van der Waals surface area contributed by atoms with Crippen LogP contribution >= 0.6 is 0 Å². The van der Waals surface area contributed by atoms with E-state index in [1.165, 1.54) is 0 Å². The Morgan fingerprint density at radius 2 is 1.87 bits per heavy atom. The molecule has 3 heteroatoms. The van der Waals surface area contributed by atoms with Crippen LogP contribution in [0.25, 0.3) is 0 Å². The van der Waals surface area contributed by atoms with Crippen LogP contribution in [0.4, 0.5) is 0 Å². The van der Waals surface area contributed by atoms with Crippen molar-refractivity contribution in [1.82, 2.24) is 5.32 Å². The average Bonchev–Trinajstić information content (AvgIpc) is 2.18. The fraction of sp³-hybridized carbons (Fsp3) is 0.750. The van der Waals surface area contributed by atoms with Crippen LogP contribution in [0.1, 0.15) is 52.9 Å². The third kappa shape index (κ3) is 5.45. The second-order valence-corrected chi connectivity index (χ2v) is 3.65. The van der Waals surface area contributed by atoms with E-state index in [0.29, 0.717) is 12.0 Å². The summed E-state index contributed by atoms with van der Waals surface area (Å²) in [5.74, 6) is -0.787. The first kappa shape index (κ1) is 14.0. The minimum Gasteiger partial charge on any atom is -0.478 e. The molecule has 0 aliphatic heterocycles. The first-order chi connectivity index (χ1) is 7.17. The van der Waals surface area contributed by atoms with Gasteiger partial charge in [0.25, 0.3) is 0 Å². The molecule has 0 atom stereocenters. The fourth-order valence-corrected chi connectivity index (χ4v) is 1.51. The van der Waals surface area contributed by atoms with E-state index in [1.807, 2.05) is 6.92 Å². The van der Waals surface area contributed by atoms with E-state index < -0.39 is 5.97 Å². The van der Waals surface area contributed by atoms with E-state index >= 15 is 0 Å². The molecule has 0 radical (unpaired) electrons. The molecular weight excluding hydrogens is 190 g/mol. The molecule has 88 valence electrons. The minimum atomic E-state index is -0.787. The van der Waals surface area contributed by atoms with Gasteiger partial charge in [0.1, 0.15) is 0 Å². The zero-order valence-electron chi connectivity index (χ0n) is 10.1. The van der Waals surface area contributed by atoms with E-state index in [9.17, 15) is 4.79 Å². The smallest absolute Gasteiger partial charge is 0.333 e. The molecule has 0 amide bonds. The molecule has 0 aromatic heterocycles. The number of allylic oxidation sites excluding steroid dienone is 1. The minimum absolute atomic E-state index is 0.535. The van der Waals surface area contributed by atoms with Gasteiger partial charge >= 0.3 is 5.97 Å². The maximum atomic E-state index is 11.0. The predicted molar refractivity (Wildman–Crippen MR) is 62.8 cm³/mol. The summed E-state index contributed by atoms with van der Waals surface area (Å²) in [6.45, 7) is 6.96. The number of carbonyl (C=O) groups is 1. The lowest BCUT2D eigenvalue weighted by atomic mass is 10.1. The number of hydrogen-bond donors (Lipinski definition) is 2. The average molecular weight is 213 g/mol. The van der Waals surface area contributed by atoms with Gasteiger partial charge in [0.15, 0.2) is 0 Å². The van der Waals surface area contributed by atoms with Crippen LogP contribution in [-0.2, 0) is 4.79 Å². The van der Waals surface area contributed by atoms with Gasteiger partial charge in [-0.15, -0.1) is 0 Å². The van der Waals surface area contributed by atoms with E-state index in [0.717, 1.165) is 37.9 Å². The normalized spacial score (nSPS) is 12.2. The summed E-state index contributed by atoms with van der Waals surface area (Å²) >= 11 is 0. The van der Waals surface area contributed by atoms with E-state index in [2.05, 4.69) is 19.2 Å². The number of nitrogens with one attached hydrogen (secondary N) is 1. The maximum absolute atomic E-state index is 11.0. The quantitative estimate of drug-likeness (QED) is 0.481. The zero-order chi connectivity index (χ0) is 11.7. The molecule has 15 heavy (non-hydrogen) atoms. The van der Waals surface area contributed by atoms with E-state index in [4.69, 9.17) is 5.11 Å². The van der Waals surface area contributed by atoms with Crippen molar-refractivity contribution in [2.24, 2.45) is 0 Å². The number of rotatable bonds is 8. The number of carboxylic acids is 1. The van der Waals surface area contributed by atoms with Crippen LogP contribution in [0.15, 0.2) is 11.3 Å². The molecule has 0 aromatic carbocycles. The van der Waals surface area contributed by atoms with Gasteiger partial charge in [-0.05, 0) is 19.3 Å². The largest absolute Gasteiger partial charge is 0.478 e. The lowest BCUT2D eigenvalue weighted by Crippen LogP contribution is -2.19. The second kappa shape index (κ2) is 8.33. The van der Waals surface area contributed by atoms with Gasteiger partial charge in [-0.1, -0.05) is 33.6 Å². The van der Waals surface area contributed by atoms with Crippen molar-refractivity contribution >= 4 is 5.97 Å². The third-order valence-corrected chi connectivity index (χ3v) is 2.34. The standard InChI is InChI=1S/C12H23NO2/c1-4-7-9-13-11(8-5-2)10(6-3)12(14)15/h13H,4-9H2,1-3H3,(H,14,15)/b11-10-. The number of carboxylic acid groups (broad SMARTS) is 1. The van der Waals surface area contributed by atoms with E-state index in [-0.39, 0.29) is 0 Å². The molecule has 0 unspecified atom stereocenters. The van der Waals surface area contributed by atoms with Crippen LogP contribution in [0.5, 0.6) is 0 Å². The third-order valence-electron chi connectivity index (χ3n) is 2.34. The summed E-state index contributed by atoms with van der Waals surface area (Å²) in [4.78, 5) is 11.0. The zero-order valence-corrected chi connectivity index (χ0v) is 10.1. The van der Waals surface area contributed by atoms with Crippen molar-refractivity contribution in [2.45, 2.75) is 52.9 Å². The molecule has 0 aromatic rings. The van der Waals surface area contributed by atoms with Gasteiger partial charge in [0, 0.05) is 12.2 Å². The van der Waals surface area contributed by atoms with Crippen LogP contribution in [0, 0.1) is 0 Å². The highest BCUT2D eigenvalue weighted by Crippen LogP contribution is 2.12. The van der Waals surface area contributed by atoms with Crippen molar-refractivity contribution in [2.75, 3.05) is 6.54 Å². The SMILES string of the molecule is CCCCN/C(CCC)=C(/CC)C(=O)O. The predicted octanol–water partition coefficient (Wildman–Crippen LogP) is 2.92. The highest BCUT2D eigenvalue weighted by atomic mass is 16.4. The highest BCUT2D eigenvalue weighted by molar-refractivity contribution is 5.87. The highest BCUT2D eigenvalue weighted by Gasteiger charge is 2.11. The Hall–Kier alpha value is -0.990. The molecule has 0 aliphatic rings. The molecule has 2 N–H and O–H groups in total. The Labute approximate surface area is 92.6 Å². The summed E-state index contributed by atoms with van der Waals surface area (Å²) in [6.07, 6.45) is 4.61. The number of hydrogen-bond acceptors (Lipinski definition) is 2. The van der Waals surface area contributed by atoms with E-state index in [1.54, 1.807) is 0 Å². The Morgan fingerprint density at radius 1 is 1.20 bits per heavy atom. The summed E-state index contributed by atoms with van der Waals surface area (Å²) in [5, 5.41) is 12.3. The molecule has 0 rings (SSSR count). The Kier molecular flexibility index (Phi) is 7.78. The molecule has 3 nitrogen and oxygen atoms in total. The lowest BCUT2D eigenvalue weighted by Gasteiger charge is -2.13. The molecular formula is C12H23NO2. The second-order valence-electron chi connectivity index (χ2n) is 3.65. The van der Waals surface area contributed by atoms with Crippen LogP contribution in [-0.4, -0.2) is 17.6 Å². The van der Waals surface area contributed by atoms with Crippen LogP contribution < -0.4 is 5.32 Å². The van der Waals surface area contributed by atoms with Gasteiger partial charge in [-0.2, -0.15) is 0 Å². The first-order valence-electron chi connectivity index (χ1n) is 5.86. The van der Waals surface area contributed by atoms with Crippen molar-refractivity contribution in [3.63, 3.8) is 0 Å². The summed E-state index contributed by atoms with van der Waals surface area (Å²) < 4.78 is 0. The monoisotopic (exact) mass is 213 g/mol. The van der Waals surface area contributed by atoms with Crippen molar-refractivity contribution in [3.05, 3.63) is 11.3 Å². The van der Waals surface area contributed by atoms with Gasteiger partial charge in [-0.25, -0.2) is 4.79 Å². The Bertz CT molecular complexity index is 222. The van der Waals surface area contributed by atoms with Crippen LogP contribution in [0.2, 0.25) is 0 Å². The first-order valence-corrected chi connectivity index (χ1v) is 5.86. The lowest BCUT2D eigenvalue weighted by molar-refractivity contribution is -0.132. The van der Waals surface area contributed by atoms with Gasteiger partial charge in [-0.3, -0.25) is 0 Å². The molecule has 0 fully saturated rings. The van der Waals surface area contributed by atoms with Crippen LogP contribution in [0.3, 0.4) is 0 Å². The number of aliphatic carboxylic acids is 1. The summed E-state index contributed by atoms with van der Waals surface area (Å²) in [7, 11) is 0. The Balaban J connectivity index is 4.50. The topological polar surface area (TPSA) is 49.3 Å². The molecule has 0 bridgehead atoms. The molecule has 0 saturated heterocycles. The van der Waals surface area contributed by atoms with Crippen molar-refractivity contribution in [3.8, 4) is 0 Å². The van der Waals surface area contributed by atoms with Crippen molar-refractivity contribution < 1.29 is 9.90 Å². The molecule has 0 aliphatic carbocycles. The molecule has 0 spiro atoms. The Morgan fingerprint density at radius 3 is 2.27 bits per heavy atom. The fourth-order valence-electron chi connectivity index (χ4n) is 1.51. The molecule has 0 heterocycles. The summed E-state index contributed by atoms with van der Waals surface area (Å²) in [5.41, 5.74) is 1.45. The van der Waals surface area contributed by atoms with Crippen molar-refractivity contribution in [1.29, 1.82) is 0 Å². The molecule has 0 saturated carbocycles. The van der Waals surface area contributed by atoms with Gasteiger partial charge in [0.05, 0.1) is 5.57 Å². The summed E-state index contributed by atoms with van der Waals surface area (Å²) in [6, 6.07) is 0. The maximum Gasteiger partial charge on any atom is 0.333 e. The van der Waals surface area contributed by atoms with Gasteiger partial charge in [0.2, 0.25) is 0 Å².